The van der Waals surface area contributed by atoms with E-state index < -0.39 is 0 Å². The molecule has 2 amide bonds. The maximum absolute atomic E-state index is 11.3. The van der Waals surface area contributed by atoms with Gasteiger partial charge in [0.2, 0.25) is 0 Å². The smallest absolute Gasteiger partial charge is 0.317 e. The molecule has 2 saturated heterocycles. The molecule has 16 heavy (non-hydrogen) atoms. The third-order valence-corrected chi connectivity index (χ3v) is 3.25. The van der Waals surface area contributed by atoms with Crippen LogP contribution in [0.4, 0.5) is 4.79 Å². The Morgan fingerprint density at radius 2 is 2.50 bits per heavy atom. The van der Waals surface area contributed by atoms with Gasteiger partial charge in [0.25, 0.3) is 0 Å². The lowest BCUT2D eigenvalue weighted by Crippen LogP contribution is -2.42. The van der Waals surface area contributed by atoms with Crippen LogP contribution >= 0.6 is 0 Å². The molecule has 5 heteroatoms. The fourth-order valence-corrected chi connectivity index (χ4v) is 2.31. The Bertz CT molecular complexity index is 247. The van der Waals surface area contributed by atoms with Crippen molar-refractivity contribution in [2.75, 3.05) is 32.8 Å². The maximum Gasteiger partial charge on any atom is 0.317 e. The third kappa shape index (κ3) is 3.09. The van der Waals surface area contributed by atoms with Gasteiger partial charge < -0.3 is 20.3 Å². The molecule has 0 bridgehead atoms. The molecule has 0 aromatic heterocycles. The highest BCUT2D eigenvalue weighted by Crippen LogP contribution is 2.12. The molecule has 2 fully saturated rings. The van der Waals surface area contributed by atoms with Crippen molar-refractivity contribution in [1.29, 1.82) is 0 Å². The second-order valence-electron chi connectivity index (χ2n) is 4.58. The van der Waals surface area contributed by atoms with E-state index in [1.807, 2.05) is 4.90 Å². The summed E-state index contributed by atoms with van der Waals surface area (Å²) in [4.78, 5) is 13.1. The number of carbonyl (C=O) groups is 1. The van der Waals surface area contributed by atoms with Crippen molar-refractivity contribution in [1.82, 2.24) is 15.5 Å². The SMILES string of the molecule is CC1CC(NCCN2CCNC2=O)CCO1. The Labute approximate surface area is 96.5 Å². The molecule has 5 nitrogen and oxygen atoms in total. The van der Waals surface area contributed by atoms with Crippen LogP contribution in [-0.4, -0.2) is 55.9 Å². The van der Waals surface area contributed by atoms with E-state index in [0.29, 0.717) is 12.1 Å². The molecule has 2 aliphatic heterocycles. The van der Waals surface area contributed by atoms with Crippen LogP contribution < -0.4 is 10.6 Å². The third-order valence-electron chi connectivity index (χ3n) is 3.25. The van der Waals surface area contributed by atoms with Crippen molar-refractivity contribution in [3.05, 3.63) is 0 Å². The predicted molar refractivity (Wildman–Crippen MR) is 61.4 cm³/mol. The largest absolute Gasteiger partial charge is 0.378 e. The molecule has 2 aliphatic rings. The van der Waals surface area contributed by atoms with Gasteiger partial charge in [0.1, 0.15) is 0 Å². The summed E-state index contributed by atoms with van der Waals surface area (Å²) in [5.74, 6) is 0. The van der Waals surface area contributed by atoms with Crippen molar-refractivity contribution < 1.29 is 9.53 Å². The Hall–Kier alpha value is -0.810. The number of urea groups is 1. The predicted octanol–water partition coefficient (Wildman–Crippen LogP) is 0.169. The minimum atomic E-state index is 0.0714. The number of hydrogen-bond acceptors (Lipinski definition) is 3. The highest BCUT2D eigenvalue weighted by atomic mass is 16.5. The summed E-state index contributed by atoms with van der Waals surface area (Å²) in [5.41, 5.74) is 0. The zero-order chi connectivity index (χ0) is 11.4. The fraction of sp³-hybridized carbons (Fsp3) is 0.909. The fourth-order valence-electron chi connectivity index (χ4n) is 2.31. The van der Waals surface area contributed by atoms with E-state index in [9.17, 15) is 4.79 Å². The first-order chi connectivity index (χ1) is 7.75. The van der Waals surface area contributed by atoms with E-state index in [2.05, 4.69) is 17.6 Å². The van der Waals surface area contributed by atoms with Crippen molar-refractivity contribution in [3.8, 4) is 0 Å². The van der Waals surface area contributed by atoms with Crippen LogP contribution in [0.15, 0.2) is 0 Å². The highest BCUT2D eigenvalue weighted by molar-refractivity contribution is 5.76. The van der Waals surface area contributed by atoms with Gasteiger partial charge in [0.15, 0.2) is 0 Å². The lowest BCUT2D eigenvalue weighted by Gasteiger charge is -2.28. The van der Waals surface area contributed by atoms with Gasteiger partial charge in [-0.15, -0.1) is 0 Å². The normalized spacial score (nSPS) is 30.6. The number of carbonyl (C=O) groups excluding carboxylic acids is 1. The lowest BCUT2D eigenvalue weighted by atomic mass is 10.0. The quantitative estimate of drug-likeness (QED) is 0.720. The average molecular weight is 227 g/mol. The van der Waals surface area contributed by atoms with Crippen LogP contribution in [0.3, 0.4) is 0 Å². The van der Waals surface area contributed by atoms with Crippen LogP contribution in [0.5, 0.6) is 0 Å². The van der Waals surface area contributed by atoms with Gasteiger partial charge in [-0.25, -0.2) is 4.79 Å². The molecule has 0 aliphatic carbocycles. The van der Waals surface area contributed by atoms with E-state index in [-0.39, 0.29) is 6.03 Å². The zero-order valence-electron chi connectivity index (χ0n) is 9.87. The van der Waals surface area contributed by atoms with Gasteiger partial charge in [-0.1, -0.05) is 0 Å². The van der Waals surface area contributed by atoms with Crippen molar-refractivity contribution in [2.45, 2.75) is 31.9 Å². The first-order valence-electron chi connectivity index (χ1n) is 6.13. The molecule has 0 spiro atoms. The minimum Gasteiger partial charge on any atom is -0.378 e. The second-order valence-corrected chi connectivity index (χ2v) is 4.58. The summed E-state index contributed by atoms with van der Waals surface area (Å²) in [6.45, 7) is 6.27. The molecule has 0 aromatic rings. The number of rotatable bonds is 4. The Kier molecular flexibility index (Phi) is 4.01. The molecule has 0 aromatic carbocycles. The first-order valence-corrected chi connectivity index (χ1v) is 6.13. The van der Waals surface area contributed by atoms with E-state index in [1.54, 1.807) is 0 Å². The van der Waals surface area contributed by atoms with E-state index in [1.165, 1.54) is 0 Å². The summed E-state index contributed by atoms with van der Waals surface area (Å²) >= 11 is 0. The maximum atomic E-state index is 11.3. The average Bonchev–Trinajstić information content (AvgIpc) is 2.65. The van der Waals surface area contributed by atoms with Gasteiger partial charge in [-0.05, 0) is 19.8 Å². The lowest BCUT2D eigenvalue weighted by molar-refractivity contribution is 0.0132. The monoisotopic (exact) mass is 227 g/mol. The van der Waals surface area contributed by atoms with E-state index >= 15 is 0 Å². The summed E-state index contributed by atoms with van der Waals surface area (Å²) in [7, 11) is 0. The molecular weight excluding hydrogens is 206 g/mol. The number of ether oxygens (including phenoxy) is 1. The van der Waals surface area contributed by atoms with Crippen molar-refractivity contribution >= 4 is 6.03 Å². The van der Waals surface area contributed by atoms with Gasteiger partial charge in [0.05, 0.1) is 6.10 Å². The topological polar surface area (TPSA) is 53.6 Å². The number of nitrogens with zero attached hydrogens (tertiary/aromatic N) is 1. The summed E-state index contributed by atoms with van der Waals surface area (Å²) in [6.07, 6.45) is 2.52. The molecule has 2 heterocycles. The molecule has 2 unspecified atom stereocenters. The minimum absolute atomic E-state index is 0.0714. The van der Waals surface area contributed by atoms with Crippen LogP contribution in [0.1, 0.15) is 19.8 Å². The highest BCUT2D eigenvalue weighted by Gasteiger charge is 2.21. The molecule has 0 saturated carbocycles. The number of amides is 2. The summed E-state index contributed by atoms with van der Waals surface area (Å²) < 4.78 is 5.49. The van der Waals surface area contributed by atoms with E-state index in [4.69, 9.17) is 4.74 Å². The molecule has 0 radical (unpaired) electrons. The van der Waals surface area contributed by atoms with Crippen molar-refractivity contribution in [2.24, 2.45) is 0 Å². The van der Waals surface area contributed by atoms with Gasteiger partial charge in [-0.3, -0.25) is 0 Å². The first kappa shape index (κ1) is 11.7. The van der Waals surface area contributed by atoms with Crippen molar-refractivity contribution in [3.63, 3.8) is 0 Å². The molecule has 2 rings (SSSR count). The number of nitrogens with one attached hydrogen (secondary N) is 2. The Morgan fingerprint density at radius 1 is 1.62 bits per heavy atom. The van der Waals surface area contributed by atoms with Gasteiger partial charge >= 0.3 is 6.03 Å². The van der Waals surface area contributed by atoms with E-state index in [0.717, 1.165) is 45.6 Å². The zero-order valence-corrected chi connectivity index (χ0v) is 9.87. The summed E-state index contributed by atoms with van der Waals surface area (Å²) in [5, 5.41) is 6.30. The molecular formula is C11H21N3O2. The van der Waals surface area contributed by atoms with Gasteiger partial charge in [0, 0.05) is 38.8 Å². The van der Waals surface area contributed by atoms with Crippen LogP contribution in [0.2, 0.25) is 0 Å². The second kappa shape index (κ2) is 5.50. The van der Waals surface area contributed by atoms with Crippen LogP contribution in [0.25, 0.3) is 0 Å². The Balaban J connectivity index is 1.62. The molecule has 2 N–H and O–H groups in total. The molecule has 2 atom stereocenters. The van der Waals surface area contributed by atoms with Crippen LogP contribution in [0, 0.1) is 0 Å². The standard InChI is InChI=1S/C11H21N3O2/c1-9-8-10(2-7-16-9)12-3-5-14-6-4-13-11(14)15/h9-10,12H,2-8H2,1H3,(H,13,15). The summed E-state index contributed by atoms with van der Waals surface area (Å²) in [6, 6.07) is 0.622. The van der Waals surface area contributed by atoms with Crippen LogP contribution in [-0.2, 0) is 4.74 Å². The van der Waals surface area contributed by atoms with Gasteiger partial charge in [-0.2, -0.15) is 0 Å². The Morgan fingerprint density at radius 3 is 3.19 bits per heavy atom. The number of hydrogen-bond donors (Lipinski definition) is 2. The molecule has 92 valence electrons.